The summed E-state index contributed by atoms with van der Waals surface area (Å²) in [4.78, 5) is 11.5. The number of aliphatic hydroxyl groups excluding tert-OH is 1. The number of amides is 1. The van der Waals surface area contributed by atoms with Gasteiger partial charge in [-0.1, -0.05) is 6.07 Å². The van der Waals surface area contributed by atoms with Gasteiger partial charge in [-0.05, 0) is 18.2 Å². The molecule has 1 heterocycles. The summed E-state index contributed by atoms with van der Waals surface area (Å²) >= 11 is 0. The number of furan rings is 1. The summed E-state index contributed by atoms with van der Waals surface area (Å²) in [6.45, 7) is -0.304. The van der Waals surface area contributed by atoms with Crippen LogP contribution >= 0.6 is 0 Å². The van der Waals surface area contributed by atoms with Crippen molar-refractivity contribution in [2.45, 2.75) is 6.10 Å². The molecule has 100 valence electrons. The van der Waals surface area contributed by atoms with Crippen LogP contribution in [0.1, 0.15) is 22.0 Å². The fraction of sp³-hybridized carbons (Fsp3) is 0.154. The topological polar surface area (TPSA) is 62.5 Å². The molecule has 6 heteroatoms. The van der Waals surface area contributed by atoms with Gasteiger partial charge in [-0.3, -0.25) is 4.79 Å². The van der Waals surface area contributed by atoms with E-state index >= 15 is 0 Å². The van der Waals surface area contributed by atoms with Gasteiger partial charge in [0.1, 0.15) is 24.0 Å². The highest BCUT2D eigenvalue weighted by Crippen LogP contribution is 2.20. The zero-order valence-corrected chi connectivity index (χ0v) is 9.77. The number of carbonyl (C=O) groups excluding carboxylic acids is 1. The van der Waals surface area contributed by atoms with Crippen LogP contribution in [0, 0.1) is 11.6 Å². The molecule has 19 heavy (non-hydrogen) atoms. The highest BCUT2D eigenvalue weighted by atomic mass is 19.1. The third-order valence-corrected chi connectivity index (χ3v) is 2.57. The molecule has 0 spiro atoms. The SMILES string of the molecule is O=C(NC[C@H](O)c1c(F)cccc1F)c1ccoc1. The molecule has 2 rings (SSSR count). The summed E-state index contributed by atoms with van der Waals surface area (Å²) in [6.07, 6.45) is 1.09. The smallest absolute Gasteiger partial charge is 0.254 e. The Morgan fingerprint density at radius 3 is 2.58 bits per heavy atom. The zero-order chi connectivity index (χ0) is 13.8. The fourth-order valence-electron chi connectivity index (χ4n) is 1.62. The van der Waals surface area contributed by atoms with E-state index < -0.39 is 29.2 Å². The molecule has 0 radical (unpaired) electrons. The molecule has 0 aliphatic heterocycles. The number of aliphatic hydroxyl groups is 1. The van der Waals surface area contributed by atoms with E-state index in [2.05, 4.69) is 5.32 Å². The maximum atomic E-state index is 13.4. The Labute approximate surface area is 107 Å². The maximum Gasteiger partial charge on any atom is 0.254 e. The highest BCUT2D eigenvalue weighted by Gasteiger charge is 2.18. The van der Waals surface area contributed by atoms with Gasteiger partial charge in [0.05, 0.1) is 17.4 Å². The molecule has 2 aromatic rings. The summed E-state index contributed by atoms with van der Waals surface area (Å²) in [5, 5.41) is 12.1. The molecule has 0 saturated carbocycles. The molecule has 1 amide bonds. The van der Waals surface area contributed by atoms with Crippen molar-refractivity contribution >= 4 is 5.91 Å². The first-order valence-electron chi connectivity index (χ1n) is 5.52. The first kappa shape index (κ1) is 13.2. The Kier molecular flexibility index (Phi) is 3.91. The van der Waals surface area contributed by atoms with Gasteiger partial charge in [0.25, 0.3) is 5.91 Å². The van der Waals surface area contributed by atoms with Crippen LogP contribution < -0.4 is 5.32 Å². The molecule has 2 N–H and O–H groups in total. The quantitative estimate of drug-likeness (QED) is 0.890. The molecular formula is C13H11F2NO3. The van der Waals surface area contributed by atoms with Crippen LogP contribution in [-0.2, 0) is 0 Å². The lowest BCUT2D eigenvalue weighted by Gasteiger charge is -2.13. The summed E-state index contributed by atoms with van der Waals surface area (Å²) in [7, 11) is 0. The average Bonchev–Trinajstić information content (AvgIpc) is 2.89. The fourth-order valence-corrected chi connectivity index (χ4v) is 1.62. The van der Waals surface area contributed by atoms with Crippen molar-refractivity contribution < 1.29 is 23.1 Å². The highest BCUT2D eigenvalue weighted by molar-refractivity contribution is 5.93. The van der Waals surface area contributed by atoms with E-state index in [0.29, 0.717) is 0 Å². The third kappa shape index (κ3) is 2.97. The number of benzene rings is 1. The average molecular weight is 267 g/mol. The van der Waals surface area contributed by atoms with E-state index in [-0.39, 0.29) is 12.1 Å². The standard InChI is InChI=1S/C13H11F2NO3/c14-9-2-1-3-10(15)12(9)11(17)6-16-13(18)8-4-5-19-7-8/h1-5,7,11,17H,6H2,(H,16,18)/t11-/m0/s1. The van der Waals surface area contributed by atoms with Gasteiger partial charge in [-0.2, -0.15) is 0 Å². The predicted octanol–water partition coefficient (Wildman–Crippen LogP) is 2.02. The molecule has 0 fully saturated rings. The van der Waals surface area contributed by atoms with Crippen LogP contribution in [-0.4, -0.2) is 17.6 Å². The van der Waals surface area contributed by atoms with Gasteiger partial charge in [0.15, 0.2) is 0 Å². The third-order valence-electron chi connectivity index (χ3n) is 2.57. The zero-order valence-electron chi connectivity index (χ0n) is 9.77. The van der Waals surface area contributed by atoms with Gasteiger partial charge in [-0.25, -0.2) is 8.78 Å². The number of hydrogen-bond donors (Lipinski definition) is 2. The van der Waals surface area contributed by atoms with E-state index in [1.807, 2.05) is 0 Å². The second-order valence-electron chi connectivity index (χ2n) is 3.87. The van der Waals surface area contributed by atoms with Crippen LogP contribution in [0.25, 0.3) is 0 Å². The van der Waals surface area contributed by atoms with Gasteiger partial charge in [-0.15, -0.1) is 0 Å². The summed E-state index contributed by atoms with van der Waals surface area (Å²) in [5.74, 6) is -2.21. The second-order valence-corrected chi connectivity index (χ2v) is 3.87. The first-order valence-corrected chi connectivity index (χ1v) is 5.52. The summed E-state index contributed by atoms with van der Waals surface area (Å²) in [6, 6.07) is 4.72. The molecule has 0 bridgehead atoms. The van der Waals surface area contributed by atoms with Crippen LogP contribution in [0.15, 0.2) is 41.2 Å². The molecule has 0 aliphatic carbocycles. The first-order chi connectivity index (χ1) is 9.09. The van der Waals surface area contributed by atoms with Crippen molar-refractivity contribution in [2.75, 3.05) is 6.54 Å². The lowest BCUT2D eigenvalue weighted by molar-refractivity contribution is 0.0911. The molecule has 1 atom stereocenters. The minimum absolute atomic E-state index is 0.265. The minimum atomic E-state index is -1.46. The Balaban J connectivity index is 2.02. The van der Waals surface area contributed by atoms with Crippen molar-refractivity contribution in [3.05, 3.63) is 59.6 Å². The van der Waals surface area contributed by atoms with E-state index in [4.69, 9.17) is 4.42 Å². The van der Waals surface area contributed by atoms with Crippen LogP contribution in [0.5, 0.6) is 0 Å². The van der Waals surface area contributed by atoms with Crippen molar-refractivity contribution in [1.82, 2.24) is 5.32 Å². The normalized spacial score (nSPS) is 12.2. The molecule has 1 aromatic carbocycles. The van der Waals surface area contributed by atoms with Crippen molar-refractivity contribution in [3.8, 4) is 0 Å². The number of carbonyl (C=O) groups is 1. The van der Waals surface area contributed by atoms with Gasteiger partial charge >= 0.3 is 0 Å². The van der Waals surface area contributed by atoms with Crippen LogP contribution in [0.2, 0.25) is 0 Å². The van der Waals surface area contributed by atoms with Gasteiger partial charge < -0.3 is 14.8 Å². The van der Waals surface area contributed by atoms with Crippen molar-refractivity contribution in [3.63, 3.8) is 0 Å². The predicted molar refractivity (Wildman–Crippen MR) is 62.4 cm³/mol. The molecule has 4 nitrogen and oxygen atoms in total. The molecule has 0 unspecified atom stereocenters. The second kappa shape index (κ2) is 5.62. The number of rotatable bonds is 4. The number of hydrogen-bond acceptors (Lipinski definition) is 3. The van der Waals surface area contributed by atoms with Gasteiger partial charge in [0, 0.05) is 6.54 Å². The van der Waals surface area contributed by atoms with Crippen LogP contribution in [0.3, 0.4) is 0 Å². The molecular weight excluding hydrogens is 256 g/mol. The van der Waals surface area contributed by atoms with Crippen molar-refractivity contribution in [2.24, 2.45) is 0 Å². The molecule has 1 aromatic heterocycles. The summed E-state index contributed by atoms with van der Waals surface area (Å²) < 4.78 is 31.5. The maximum absolute atomic E-state index is 13.4. The Bertz CT molecular complexity index is 549. The lowest BCUT2D eigenvalue weighted by atomic mass is 10.1. The van der Waals surface area contributed by atoms with E-state index in [9.17, 15) is 18.7 Å². The lowest BCUT2D eigenvalue weighted by Crippen LogP contribution is -2.28. The van der Waals surface area contributed by atoms with Crippen molar-refractivity contribution in [1.29, 1.82) is 0 Å². The molecule has 0 saturated heterocycles. The van der Waals surface area contributed by atoms with E-state index in [1.54, 1.807) is 0 Å². The number of nitrogens with one attached hydrogen (secondary N) is 1. The number of halogens is 2. The Hall–Kier alpha value is -2.21. The largest absolute Gasteiger partial charge is 0.472 e. The van der Waals surface area contributed by atoms with Gasteiger partial charge in [0.2, 0.25) is 0 Å². The van der Waals surface area contributed by atoms with Crippen LogP contribution in [0.4, 0.5) is 8.78 Å². The monoisotopic (exact) mass is 267 g/mol. The van der Waals surface area contributed by atoms with E-state index in [0.717, 1.165) is 12.1 Å². The summed E-state index contributed by atoms with van der Waals surface area (Å²) in [5.41, 5.74) is -0.198. The molecule has 0 aliphatic rings. The van der Waals surface area contributed by atoms with E-state index in [1.165, 1.54) is 24.7 Å². The minimum Gasteiger partial charge on any atom is -0.472 e. The Morgan fingerprint density at radius 2 is 2.00 bits per heavy atom. The Morgan fingerprint density at radius 1 is 1.32 bits per heavy atom.